The summed E-state index contributed by atoms with van der Waals surface area (Å²) in [5.74, 6) is 1.14. The molecule has 0 radical (unpaired) electrons. The highest BCUT2D eigenvalue weighted by Crippen LogP contribution is 2.40. The highest BCUT2D eigenvalue weighted by molar-refractivity contribution is 5.95. The summed E-state index contributed by atoms with van der Waals surface area (Å²) in [5.41, 5.74) is 5.88. The maximum absolute atomic E-state index is 12.4. The van der Waals surface area contributed by atoms with Crippen molar-refractivity contribution in [1.82, 2.24) is 20.3 Å². The Hall–Kier alpha value is -2.89. The van der Waals surface area contributed by atoms with Crippen LogP contribution in [0, 0.1) is 5.92 Å². The number of aryl methyl sites for hydroxylation is 1. The van der Waals surface area contributed by atoms with Crippen LogP contribution in [0.4, 0.5) is 11.5 Å². The van der Waals surface area contributed by atoms with Crippen molar-refractivity contribution in [3.63, 3.8) is 0 Å². The van der Waals surface area contributed by atoms with Gasteiger partial charge in [0.05, 0.1) is 5.39 Å². The zero-order valence-corrected chi connectivity index (χ0v) is 15.5. The number of carbonyl (C=O) groups is 1. The second kappa shape index (κ2) is 6.37. The summed E-state index contributed by atoms with van der Waals surface area (Å²) in [5, 5.41) is 4.06. The summed E-state index contributed by atoms with van der Waals surface area (Å²) < 4.78 is 0. The van der Waals surface area contributed by atoms with E-state index in [1.54, 1.807) is 6.33 Å². The average Bonchev–Trinajstić information content (AvgIpc) is 3.29. The Balaban J connectivity index is 1.60. The number of H-pyrrole nitrogens is 1. The molecule has 0 saturated heterocycles. The minimum absolute atomic E-state index is 0.0235. The van der Waals surface area contributed by atoms with Crippen molar-refractivity contribution in [2.45, 2.75) is 32.6 Å². The predicted octanol–water partition coefficient (Wildman–Crippen LogP) is 2.89. The van der Waals surface area contributed by atoms with Gasteiger partial charge in [-0.3, -0.25) is 4.79 Å². The van der Waals surface area contributed by atoms with Crippen LogP contribution in [0.25, 0.3) is 11.0 Å². The summed E-state index contributed by atoms with van der Waals surface area (Å²) in [6, 6.07) is 8.51. The van der Waals surface area contributed by atoms with Gasteiger partial charge in [-0.15, -0.1) is 0 Å². The molecule has 3 aromatic rings. The van der Waals surface area contributed by atoms with Gasteiger partial charge in [0.15, 0.2) is 0 Å². The Kier molecular flexibility index (Phi) is 3.85. The number of aromatic amines is 1. The predicted molar refractivity (Wildman–Crippen MR) is 105 cm³/mol. The molecule has 0 fully saturated rings. The first kappa shape index (κ1) is 16.3. The molecule has 0 bridgehead atoms. The normalized spacial score (nSPS) is 18.4. The summed E-state index contributed by atoms with van der Waals surface area (Å²) in [4.78, 5) is 27.3. The van der Waals surface area contributed by atoms with Crippen LogP contribution in [0.5, 0.6) is 0 Å². The van der Waals surface area contributed by atoms with E-state index in [2.05, 4.69) is 49.4 Å². The molecule has 0 spiro atoms. The fourth-order valence-corrected chi connectivity index (χ4v) is 4.53. The molecule has 2 aliphatic rings. The third-order valence-electron chi connectivity index (χ3n) is 5.82. The summed E-state index contributed by atoms with van der Waals surface area (Å²) >= 11 is 0. The zero-order valence-electron chi connectivity index (χ0n) is 15.5. The Morgan fingerprint density at radius 2 is 2.19 bits per heavy atom. The largest absolute Gasteiger partial charge is 0.356 e. The van der Waals surface area contributed by atoms with Gasteiger partial charge < -0.3 is 15.2 Å². The van der Waals surface area contributed by atoms with E-state index >= 15 is 0 Å². The number of hydrogen-bond donors (Lipinski definition) is 2. The molecular weight excluding hydrogens is 338 g/mol. The number of hydrogen-bond acceptors (Lipinski definition) is 4. The van der Waals surface area contributed by atoms with Crippen LogP contribution in [-0.2, 0) is 24.1 Å². The molecule has 1 aliphatic heterocycles. The van der Waals surface area contributed by atoms with Crippen LogP contribution in [0.2, 0.25) is 0 Å². The Labute approximate surface area is 158 Å². The van der Waals surface area contributed by atoms with E-state index in [1.165, 1.54) is 22.5 Å². The van der Waals surface area contributed by atoms with Crippen LogP contribution in [0.1, 0.15) is 30.2 Å². The van der Waals surface area contributed by atoms with Crippen molar-refractivity contribution in [2.75, 3.05) is 18.0 Å². The van der Waals surface area contributed by atoms with Crippen molar-refractivity contribution < 1.29 is 4.79 Å². The fraction of sp³-hybridized carbons (Fsp3) is 0.381. The van der Waals surface area contributed by atoms with Crippen molar-refractivity contribution in [2.24, 2.45) is 5.92 Å². The molecule has 1 aliphatic carbocycles. The van der Waals surface area contributed by atoms with Gasteiger partial charge >= 0.3 is 0 Å². The Morgan fingerprint density at radius 3 is 3.07 bits per heavy atom. The molecule has 1 atom stereocenters. The molecular formula is C21H23N5O. The van der Waals surface area contributed by atoms with Gasteiger partial charge in [0.25, 0.3) is 0 Å². The number of nitrogens with one attached hydrogen (secondary N) is 2. The first-order valence-electron chi connectivity index (χ1n) is 9.74. The first-order valence-corrected chi connectivity index (χ1v) is 9.74. The average molecular weight is 361 g/mol. The van der Waals surface area contributed by atoms with E-state index in [9.17, 15) is 4.79 Å². The SMILES string of the molecule is CCNC(=O)[C@H]1CCc2[nH]c3ncnc(N4CCc5ccccc54)c3c2C1. The molecule has 1 amide bonds. The molecule has 3 heterocycles. The van der Waals surface area contributed by atoms with Gasteiger partial charge in [-0.25, -0.2) is 9.97 Å². The van der Waals surface area contributed by atoms with Gasteiger partial charge in [0, 0.05) is 30.4 Å². The van der Waals surface area contributed by atoms with Crippen molar-refractivity contribution >= 4 is 28.4 Å². The van der Waals surface area contributed by atoms with Crippen LogP contribution in [-0.4, -0.2) is 33.9 Å². The Bertz CT molecular complexity index is 1020. The van der Waals surface area contributed by atoms with Crippen molar-refractivity contribution in [1.29, 1.82) is 0 Å². The van der Waals surface area contributed by atoms with Gasteiger partial charge in [-0.05, 0) is 49.8 Å². The van der Waals surface area contributed by atoms with E-state index in [0.717, 1.165) is 49.1 Å². The number of nitrogens with zero attached hydrogens (tertiary/aromatic N) is 3. The number of para-hydroxylation sites is 1. The van der Waals surface area contributed by atoms with E-state index in [0.29, 0.717) is 6.54 Å². The summed E-state index contributed by atoms with van der Waals surface area (Å²) in [7, 11) is 0. The second-order valence-corrected chi connectivity index (χ2v) is 7.37. The highest BCUT2D eigenvalue weighted by atomic mass is 16.1. The first-order chi connectivity index (χ1) is 13.3. The quantitative estimate of drug-likeness (QED) is 0.752. The lowest BCUT2D eigenvalue weighted by Crippen LogP contribution is -2.33. The molecule has 6 heteroatoms. The van der Waals surface area contributed by atoms with E-state index in [-0.39, 0.29) is 11.8 Å². The molecule has 2 N–H and O–H groups in total. The van der Waals surface area contributed by atoms with Gasteiger partial charge in [0.1, 0.15) is 17.8 Å². The molecule has 0 saturated carbocycles. The number of fused-ring (bicyclic) bond motifs is 4. The molecule has 2 aromatic heterocycles. The standard InChI is InChI=1S/C21H23N5O/c1-2-22-21(27)14-7-8-16-15(11-14)18-19(25-16)23-12-24-20(18)26-10-9-13-5-3-4-6-17(13)26/h3-6,12,14H,2,7-11H2,1H3,(H,22,27)(H,23,24,25)/t14-/m0/s1. The third-order valence-corrected chi connectivity index (χ3v) is 5.82. The fourth-order valence-electron chi connectivity index (χ4n) is 4.53. The lowest BCUT2D eigenvalue weighted by atomic mass is 9.86. The lowest BCUT2D eigenvalue weighted by Gasteiger charge is -2.23. The summed E-state index contributed by atoms with van der Waals surface area (Å²) in [6.45, 7) is 3.56. The monoisotopic (exact) mass is 361 g/mol. The van der Waals surface area contributed by atoms with Crippen LogP contribution in [0.15, 0.2) is 30.6 Å². The lowest BCUT2D eigenvalue weighted by molar-refractivity contribution is -0.125. The van der Waals surface area contributed by atoms with E-state index in [1.807, 2.05) is 6.92 Å². The minimum atomic E-state index is 0.0235. The molecule has 6 nitrogen and oxygen atoms in total. The van der Waals surface area contributed by atoms with Crippen molar-refractivity contribution in [3.05, 3.63) is 47.4 Å². The van der Waals surface area contributed by atoms with Gasteiger partial charge in [-0.1, -0.05) is 18.2 Å². The topological polar surface area (TPSA) is 73.9 Å². The zero-order chi connectivity index (χ0) is 18.4. The van der Waals surface area contributed by atoms with Gasteiger partial charge in [-0.2, -0.15) is 0 Å². The molecule has 5 rings (SSSR count). The van der Waals surface area contributed by atoms with Gasteiger partial charge in [0.2, 0.25) is 5.91 Å². The number of rotatable bonds is 3. The highest BCUT2D eigenvalue weighted by Gasteiger charge is 2.31. The second-order valence-electron chi connectivity index (χ2n) is 7.37. The van der Waals surface area contributed by atoms with Crippen LogP contribution >= 0.6 is 0 Å². The molecule has 27 heavy (non-hydrogen) atoms. The van der Waals surface area contributed by atoms with Crippen LogP contribution in [0.3, 0.4) is 0 Å². The number of carbonyl (C=O) groups excluding carboxylic acids is 1. The summed E-state index contributed by atoms with van der Waals surface area (Å²) in [6.07, 6.45) is 5.17. The number of aromatic nitrogens is 3. The van der Waals surface area contributed by atoms with E-state index in [4.69, 9.17) is 0 Å². The van der Waals surface area contributed by atoms with Crippen molar-refractivity contribution in [3.8, 4) is 0 Å². The maximum Gasteiger partial charge on any atom is 0.223 e. The number of benzene rings is 1. The smallest absolute Gasteiger partial charge is 0.223 e. The molecule has 0 unspecified atom stereocenters. The maximum atomic E-state index is 12.4. The number of amides is 1. The third kappa shape index (κ3) is 2.59. The minimum Gasteiger partial charge on any atom is -0.356 e. The van der Waals surface area contributed by atoms with Crippen LogP contribution < -0.4 is 10.2 Å². The molecule has 1 aromatic carbocycles. The number of anilines is 2. The Morgan fingerprint density at radius 1 is 1.30 bits per heavy atom. The molecule has 138 valence electrons. The van der Waals surface area contributed by atoms with E-state index < -0.39 is 0 Å².